The molecule has 0 radical (unpaired) electrons. The topological polar surface area (TPSA) is 37.3 Å². The summed E-state index contributed by atoms with van der Waals surface area (Å²) in [6, 6.07) is 6.57. The maximum absolute atomic E-state index is 14.2. The number of carboxylic acids is 1. The zero-order valence-electron chi connectivity index (χ0n) is 8.50. The van der Waals surface area contributed by atoms with E-state index in [2.05, 4.69) is 15.9 Å². The molecule has 0 amide bonds. The molecule has 2 nitrogen and oxygen atoms in total. The Labute approximate surface area is 96.2 Å². The van der Waals surface area contributed by atoms with Gasteiger partial charge in [-0.25, -0.2) is 4.39 Å². The van der Waals surface area contributed by atoms with Crippen molar-refractivity contribution in [2.24, 2.45) is 5.92 Å². The van der Waals surface area contributed by atoms with Crippen LogP contribution in [0.4, 0.5) is 4.39 Å². The summed E-state index contributed by atoms with van der Waals surface area (Å²) in [4.78, 5) is 10.7. The largest absolute Gasteiger partial charge is 0.481 e. The minimum atomic E-state index is -1.85. The summed E-state index contributed by atoms with van der Waals surface area (Å²) in [5.74, 6) is -2.21. The Kier molecular flexibility index (Phi) is 3.50. The number of benzene rings is 1. The number of carbonyl (C=O) groups is 1. The maximum atomic E-state index is 14.2. The second-order valence-corrected chi connectivity index (χ2v) is 4.56. The van der Waals surface area contributed by atoms with Crippen molar-refractivity contribution in [2.45, 2.75) is 19.5 Å². The molecule has 0 aliphatic rings. The average molecular weight is 275 g/mol. The molecule has 0 saturated heterocycles. The van der Waals surface area contributed by atoms with Crippen LogP contribution in [0.25, 0.3) is 0 Å². The number of carboxylic acid groups (broad SMARTS) is 1. The molecule has 0 saturated carbocycles. The van der Waals surface area contributed by atoms with Gasteiger partial charge in [0, 0.05) is 4.47 Å². The fraction of sp³-hybridized carbons (Fsp3) is 0.364. The van der Waals surface area contributed by atoms with Gasteiger partial charge < -0.3 is 5.11 Å². The van der Waals surface area contributed by atoms with Gasteiger partial charge in [-0.2, -0.15) is 0 Å². The van der Waals surface area contributed by atoms with Gasteiger partial charge in [-0.05, 0) is 31.5 Å². The lowest BCUT2D eigenvalue weighted by atomic mass is 9.86. The smallest absolute Gasteiger partial charge is 0.309 e. The number of rotatable bonds is 3. The summed E-state index contributed by atoms with van der Waals surface area (Å²) < 4.78 is 15.0. The second-order valence-electron chi connectivity index (χ2n) is 3.64. The van der Waals surface area contributed by atoms with E-state index in [0.717, 1.165) is 4.47 Å². The molecule has 2 atom stereocenters. The Morgan fingerprint density at radius 1 is 1.47 bits per heavy atom. The molecule has 0 heterocycles. The first-order valence-corrected chi connectivity index (χ1v) is 5.32. The van der Waals surface area contributed by atoms with Crippen LogP contribution in [0.1, 0.15) is 19.4 Å². The summed E-state index contributed by atoms with van der Waals surface area (Å²) in [7, 11) is 0. The van der Waals surface area contributed by atoms with Crippen molar-refractivity contribution in [1.29, 1.82) is 0 Å². The molecule has 0 aromatic heterocycles. The first-order chi connectivity index (χ1) is 6.85. The third-order valence-electron chi connectivity index (χ3n) is 2.59. The van der Waals surface area contributed by atoms with Gasteiger partial charge in [0.25, 0.3) is 0 Å². The molecule has 15 heavy (non-hydrogen) atoms. The Hall–Kier alpha value is -0.900. The van der Waals surface area contributed by atoms with Crippen LogP contribution in [-0.4, -0.2) is 11.1 Å². The lowest BCUT2D eigenvalue weighted by Crippen LogP contribution is -2.31. The molecule has 0 bridgehead atoms. The molecule has 1 N–H and O–H groups in total. The number of hydrogen-bond donors (Lipinski definition) is 1. The van der Waals surface area contributed by atoms with E-state index < -0.39 is 17.6 Å². The van der Waals surface area contributed by atoms with Crippen LogP contribution in [0, 0.1) is 5.92 Å². The zero-order chi connectivity index (χ0) is 11.6. The fourth-order valence-electron chi connectivity index (χ4n) is 1.26. The monoisotopic (exact) mass is 274 g/mol. The minimum Gasteiger partial charge on any atom is -0.481 e. The molecule has 0 fully saturated rings. The van der Waals surface area contributed by atoms with E-state index >= 15 is 0 Å². The predicted molar refractivity (Wildman–Crippen MR) is 59.4 cm³/mol. The Bertz CT molecular complexity index is 359. The summed E-state index contributed by atoms with van der Waals surface area (Å²) in [5.41, 5.74) is -1.48. The molecular formula is C11H12BrFO2. The van der Waals surface area contributed by atoms with Crippen molar-refractivity contribution >= 4 is 21.9 Å². The van der Waals surface area contributed by atoms with E-state index in [4.69, 9.17) is 5.11 Å². The Morgan fingerprint density at radius 2 is 1.93 bits per heavy atom. The fourth-order valence-corrected chi connectivity index (χ4v) is 1.52. The van der Waals surface area contributed by atoms with E-state index in [-0.39, 0.29) is 0 Å². The molecular weight excluding hydrogens is 263 g/mol. The first kappa shape index (κ1) is 12.2. The van der Waals surface area contributed by atoms with Gasteiger partial charge in [-0.3, -0.25) is 4.79 Å². The summed E-state index contributed by atoms with van der Waals surface area (Å²) in [6.07, 6.45) is 0. The molecule has 1 aromatic rings. The molecule has 1 rings (SSSR count). The highest BCUT2D eigenvalue weighted by Crippen LogP contribution is 2.34. The summed E-state index contributed by atoms with van der Waals surface area (Å²) in [6.45, 7) is 2.65. The van der Waals surface area contributed by atoms with Gasteiger partial charge >= 0.3 is 5.97 Å². The van der Waals surface area contributed by atoms with Gasteiger partial charge in [0.2, 0.25) is 0 Å². The van der Waals surface area contributed by atoms with Crippen LogP contribution in [0.15, 0.2) is 28.7 Å². The molecule has 0 aliphatic carbocycles. The van der Waals surface area contributed by atoms with Crippen molar-refractivity contribution in [3.63, 3.8) is 0 Å². The highest BCUT2D eigenvalue weighted by atomic mass is 79.9. The zero-order valence-corrected chi connectivity index (χ0v) is 10.1. The number of aliphatic carboxylic acids is 1. The maximum Gasteiger partial charge on any atom is 0.309 e. The van der Waals surface area contributed by atoms with Gasteiger partial charge in [-0.1, -0.05) is 28.1 Å². The molecule has 2 unspecified atom stereocenters. The molecule has 82 valence electrons. The van der Waals surface area contributed by atoms with Gasteiger partial charge in [-0.15, -0.1) is 0 Å². The number of alkyl halides is 1. The van der Waals surface area contributed by atoms with E-state index in [1.165, 1.54) is 13.8 Å². The van der Waals surface area contributed by atoms with Crippen molar-refractivity contribution in [2.75, 3.05) is 0 Å². The van der Waals surface area contributed by atoms with Crippen LogP contribution in [-0.2, 0) is 10.5 Å². The van der Waals surface area contributed by atoms with E-state index in [1.54, 1.807) is 24.3 Å². The van der Waals surface area contributed by atoms with E-state index in [0.29, 0.717) is 5.56 Å². The Balaban J connectivity index is 3.05. The van der Waals surface area contributed by atoms with Crippen LogP contribution in [0.5, 0.6) is 0 Å². The standard InChI is InChI=1S/C11H12BrFO2/c1-7(10(14)15)11(2,13)8-3-5-9(12)6-4-8/h3-7H,1-2H3,(H,14,15). The second kappa shape index (κ2) is 4.31. The third-order valence-corrected chi connectivity index (χ3v) is 3.12. The first-order valence-electron chi connectivity index (χ1n) is 4.53. The Morgan fingerprint density at radius 3 is 2.33 bits per heavy atom. The molecule has 0 aliphatic heterocycles. The van der Waals surface area contributed by atoms with Crippen molar-refractivity contribution in [3.8, 4) is 0 Å². The summed E-state index contributed by atoms with van der Waals surface area (Å²) in [5, 5.41) is 8.78. The molecule has 1 aromatic carbocycles. The highest BCUT2D eigenvalue weighted by molar-refractivity contribution is 9.10. The number of hydrogen-bond acceptors (Lipinski definition) is 1. The van der Waals surface area contributed by atoms with Crippen molar-refractivity contribution in [3.05, 3.63) is 34.3 Å². The predicted octanol–water partition coefficient (Wildman–Crippen LogP) is 3.35. The van der Waals surface area contributed by atoms with Crippen LogP contribution >= 0.6 is 15.9 Å². The molecule has 0 spiro atoms. The third kappa shape index (κ3) is 2.56. The van der Waals surface area contributed by atoms with Crippen molar-refractivity contribution in [1.82, 2.24) is 0 Å². The van der Waals surface area contributed by atoms with Crippen molar-refractivity contribution < 1.29 is 14.3 Å². The van der Waals surface area contributed by atoms with Crippen LogP contribution < -0.4 is 0 Å². The normalized spacial score (nSPS) is 16.8. The SMILES string of the molecule is CC(C(=O)O)C(C)(F)c1ccc(Br)cc1. The highest BCUT2D eigenvalue weighted by Gasteiger charge is 2.37. The lowest BCUT2D eigenvalue weighted by molar-refractivity contribution is -0.146. The average Bonchev–Trinajstić information content (AvgIpc) is 2.17. The minimum absolute atomic E-state index is 0.376. The van der Waals surface area contributed by atoms with Gasteiger partial charge in [0.05, 0.1) is 5.92 Å². The van der Waals surface area contributed by atoms with Gasteiger partial charge in [0.15, 0.2) is 0 Å². The lowest BCUT2D eigenvalue weighted by Gasteiger charge is -2.25. The quantitative estimate of drug-likeness (QED) is 0.918. The van der Waals surface area contributed by atoms with E-state index in [9.17, 15) is 9.18 Å². The van der Waals surface area contributed by atoms with Gasteiger partial charge in [0.1, 0.15) is 5.67 Å². The summed E-state index contributed by atoms with van der Waals surface area (Å²) >= 11 is 3.24. The van der Waals surface area contributed by atoms with E-state index in [1.807, 2.05) is 0 Å². The number of halogens is 2. The molecule has 4 heteroatoms. The van der Waals surface area contributed by atoms with Crippen LogP contribution in [0.2, 0.25) is 0 Å². The van der Waals surface area contributed by atoms with Crippen LogP contribution in [0.3, 0.4) is 0 Å².